The summed E-state index contributed by atoms with van der Waals surface area (Å²) in [6, 6.07) is 7.66. The van der Waals surface area contributed by atoms with Crippen molar-refractivity contribution in [3.8, 4) is 0 Å². The molecule has 0 saturated heterocycles. The van der Waals surface area contributed by atoms with Crippen LogP contribution >= 0.6 is 0 Å². The lowest BCUT2D eigenvalue weighted by Crippen LogP contribution is -2.26. The molecule has 1 saturated carbocycles. The molecule has 1 aromatic rings. The Morgan fingerprint density at radius 1 is 1.25 bits per heavy atom. The zero-order chi connectivity index (χ0) is 11.5. The van der Waals surface area contributed by atoms with Gasteiger partial charge in [-0.1, -0.05) is 26.0 Å². The molecule has 0 heterocycles. The van der Waals surface area contributed by atoms with Crippen LogP contribution in [0.3, 0.4) is 0 Å². The molecule has 2 rings (SSSR count). The van der Waals surface area contributed by atoms with Crippen LogP contribution in [0.25, 0.3) is 0 Å². The highest BCUT2D eigenvalue weighted by molar-refractivity contribution is 5.20. The van der Waals surface area contributed by atoms with Crippen LogP contribution in [0, 0.1) is 11.7 Å². The SMILES string of the molecule is CC(CNC1CC1)C(C)c1ccc(F)cc1. The monoisotopic (exact) mass is 221 g/mol. The zero-order valence-corrected chi connectivity index (χ0v) is 10.0. The molecule has 0 spiro atoms. The molecule has 0 amide bonds. The standard InChI is InChI=1S/C14H20FN/c1-10(9-16-14-7-8-14)11(2)12-3-5-13(15)6-4-12/h3-6,10-11,14,16H,7-9H2,1-2H3. The maximum absolute atomic E-state index is 12.8. The van der Waals surface area contributed by atoms with Crippen molar-refractivity contribution in [2.24, 2.45) is 5.92 Å². The van der Waals surface area contributed by atoms with Gasteiger partial charge in [-0.3, -0.25) is 0 Å². The molecule has 1 fully saturated rings. The molecule has 2 atom stereocenters. The van der Waals surface area contributed by atoms with E-state index in [4.69, 9.17) is 0 Å². The summed E-state index contributed by atoms with van der Waals surface area (Å²) in [7, 11) is 0. The topological polar surface area (TPSA) is 12.0 Å². The molecule has 1 aliphatic carbocycles. The van der Waals surface area contributed by atoms with Gasteiger partial charge < -0.3 is 5.32 Å². The minimum Gasteiger partial charge on any atom is -0.314 e. The predicted molar refractivity (Wildman–Crippen MR) is 65.0 cm³/mol. The normalized spacial score (nSPS) is 19.4. The maximum atomic E-state index is 12.8. The van der Waals surface area contributed by atoms with Gasteiger partial charge in [-0.25, -0.2) is 4.39 Å². The van der Waals surface area contributed by atoms with Gasteiger partial charge in [-0.15, -0.1) is 0 Å². The van der Waals surface area contributed by atoms with Gasteiger partial charge >= 0.3 is 0 Å². The van der Waals surface area contributed by atoms with Crippen molar-refractivity contribution in [3.63, 3.8) is 0 Å². The summed E-state index contributed by atoms with van der Waals surface area (Å²) in [4.78, 5) is 0. The first-order valence-electron chi connectivity index (χ1n) is 6.15. The maximum Gasteiger partial charge on any atom is 0.123 e. The van der Waals surface area contributed by atoms with Crippen LogP contribution in [0.5, 0.6) is 0 Å². The summed E-state index contributed by atoms with van der Waals surface area (Å²) in [5.41, 5.74) is 1.23. The molecule has 0 radical (unpaired) electrons. The lowest BCUT2D eigenvalue weighted by atomic mass is 9.89. The van der Waals surface area contributed by atoms with Crippen molar-refractivity contribution in [1.29, 1.82) is 0 Å². The summed E-state index contributed by atoms with van der Waals surface area (Å²) in [5.74, 6) is 0.914. The van der Waals surface area contributed by atoms with Crippen molar-refractivity contribution in [2.75, 3.05) is 6.54 Å². The van der Waals surface area contributed by atoms with E-state index in [-0.39, 0.29) is 5.82 Å². The van der Waals surface area contributed by atoms with Gasteiger partial charge in [0.25, 0.3) is 0 Å². The van der Waals surface area contributed by atoms with Crippen LogP contribution in [0.2, 0.25) is 0 Å². The predicted octanol–water partition coefficient (Wildman–Crippen LogP) is 3.32. The molecule has 2 heteroatoms. The van der Waals surface area contributed by atoms with Crippen LogP contribution in [0.15, 0.2) is 24.3 Å². The molecule has 1 aliphatic rings. The average molecular weight is 221 g/mol. The lowest BCUT2D eigenvalue weighted by molar-refractivity contribution is 0.446. The van der Waals surface area contributed by atoms with Crippen molar-refractivity contribution < 1.29 is 4.39 Å². The van der Waals surface area contributed by atoms with Gasteiger partial charge in [0.1, 0.15) is 5.82 Å². The van der Waals surface area contributed by atoms with E-state index in [1.165, 1.54) is 18.4 Å². The fraction of sp³-hybridized carbons (Fsp3) is 0.571. The zero-order valence-electron chi connectivity index (χ0n) is 10.0. The van der Waals surface area contributed by atoms with E-state index in [9.17, 15) is 4.39 Å². The first-order chi connectivity index (χ1) is 7.66. The van der Waals surface area contributed by atoms with Gasteiger partial charge in [-0.2, -0.15) is 0 Å². The van der Waals surface area contributed by atoms with E-state index >= 15 is 0 Å². The second-order valence-corrected chi connectivity index (χ2v) is 5.00. The van der Waals surface area contributed by atoms with E-state index in [1.54, 1.807) is 12.1 Å². The van der Waals surface area contributed by atoms with E-state index < -0.39 is 0 Å². The molecule has 1 nitrogen and oxygen atoms in total. The summed E-state index contributed by atoms with van der Waals surface area (Å²) in [5, 5.41) is 3.54. The highest BCUT2D eigenvalue weighted by Crippen LogP contribution is 2.25. The van der Waals surface area contributed by atoms with Gasteiger partial charge in [0.05, 0.1) is 0 Å². The third-order valence-corrected chi connectivity index (χ3v) is 3.56. The lowest BCUT2D eigenvalue weighted by Gasteiger charge is -2.20. The molecule has 88 valence electrons. The summed E-state index contributed by atoms with van der Waals surface area (Å²) in [6.07, 6.45) is 2.66. The van der Waals surface area contributed by atoms with Crippen LogP contribution < -0.4 is 5.32 Å². The number of hydrogen-bond acceptors (Lipinski definition) is 1. The molecule has 16 heavy (non-hydrogen) atoms. The summed E-state index contributed by atoms with van der Waals surface area (Å²) < 4.78 is 12.8. The number of nitrogens with one attached hydrogen (secondary N) is 1. The minimum atomic E-state index is -0.153. The third-order valence-electron chi connectivity index (χ3n) is 3.56. The molecular weight excluding hydrogens is 201 g/mol. The Kier molecular flexibility index (Phi) is 3.59. The molecule has 0 aliphatic heterocycles. The van der Waals surface area contributed by atoms with E-state index in [0.29, 0.717) is 11.8 Å². The van der Waals surface area contributed by atoms with Crippen molar-refractivity contribution in [2.45, 2.75) is 38.6 Å². The van der Waals surface area contributed by atoms with Crippen LogP contribution in [-0.4, -0.2) is 12.6 Å². The van der Waals surface area contributed by atoms with Crippen molar-refractivity contribution in [3.05, 3.63) is 35.6 Å². The Bertz CT molecular complexity index is 329. The van der Waals surface area contributed by atoms with Gasteiger partial charge in [0.2, 0.25) is 0 Å². The van der Waals surface area contributed by atoms with Crippen LogP contribution in [0.4, 0.5) is 4.39 Å². The fourth-order valence-corrected chi connectivity index (χ4v) is 1.91. The Labute approximate surface area is 97.1 Å². The van der Waals surface area contributed by atoms with E-state index in [1.807, 2.05) is 12.1 Å². The van der Waals surface area contributed by atoms with Crippen LogP contribution in [-0.2, 0) is 0 Å². The van der Waals surface area contributed by atoms with Crippen LogP contribution in [0.1, 0.15) is 38.2 Å². The number of hydrogen-bond donors (Lipinski definition) is 1. The Morgan fingerprint density at radius 2 is 1.88 bits per heavy atom. The number of benzene rings is 1. The Hall–Kier alpha value is -0.890. The smallest absolute Gasteiger partial charge is 0.123 e. The second-order valence-electron chi connectivity index (χ2n) is 5.00. The highest BCUT2D eigenvalue weighted by Gasteiger charge is 2.22. The fourth-order valence-electron chi connectivity index (χ4n) is 1.91. The first kappa shape index (κ1) is 11.6. The Balaban J connectivity index is 1.88. The second kappa shape index (κ2) is 4.96. The number of rotatable bonds is 5. The van der Waals surface area contributed by atoms with Crippen molar-refractivity contribution in [1.82, 2.24) is 5.32 Å². The molecule has 1 aromatic carbocycles. The first-order valence-corrected chi connectivity index (χ1v) is 6.15. The largest absolute Gasteiger partial charge is 0.314 e. The summed E-state index contributed by atoms with van der Waals surface area (Å²) in [6.45, 7) is 5.53. The van der Waals surface area contributed by atoms with Gasteiger partial charge in [-0.05, 0) is 48.9 Å². The summed E-state index contributed by atoms with van der Waals surface area (Å²) >= 11 is 0. The van der Waals surface area contributed by atoms with Crippen molar-refractivity contribution >= 4 is 0 Å². The van der Waals surface area contributed by atoms with E-state index in [0.717, 1.165) is 12.6 Å². The Morgan fingerprint density at radius 3 is 2.44 bits per heavy atom. The molecule has 0 aromatic heterocycles. The molecule has 1 N–H and O–H groups in total. The minimum absolute atomic E-state index is 0.153. The molecular formula is C14H20FN. The average Bonchev–Trinajstić information content (AvgIpc) is 3.10. The molecule has 2 unspecified atom stereocenters. The van der Waals surface area contributed by atoms with Gasteiger partial charge in [0, 0.05) is 6.04 Å². The van der Waals surface area contributed by atoms with E-state index in [2.05, 4.69) is 19.2 Å². The third kappa shape index (κ3) is 3.05. The number of halogens is 1. The highest BCUT2D eigenvalue weighted by atomic mass is 19.1. The quantitative estimate of drug-likeness (QED) is 0.804. The molecule has 0 bridgehead atoms. The van der Waals surface area contributed by atoms with Gasteiger partial charge in [0.15, 0.2) is 0 Å².